The maximum atomic E-state index is 9.91. The molecule has 0 saturated heterocycles. The molecule has 3 aromatic heterocycles. The fourth-order valence-electron chi connectivity index (χ4n) is 4.31. The van der Waals surface area contributed by atoms with E-state index in [-0.39, 0.29) is 17.7 Å². The Morgan fingerprint density at radius 2 is 1.94 bits per heavy atom. The van der Waals surface area contributed by atoms with Gasteiger partial charge < -0.3 is 10.5 Å². The number of ether oxygens (including phenoxy) is 1. The first-order valence-electron chi connectivity index (χ1n) is 10.7. The highest BCUT2D eigenvalue weighted by atomic mass is 16.5. The number of rotatable bonds is 4. The summed E-state index contributed by atoms with van der Waals surface area (Å²) in [6.07, 6.45) is 7.21. The number of hydrogen-bond donors (Lipinski definition) is 1. The minimum Gasteiger partial charge on any atom is -0.422 e. The van der Waals surface area contributed by atoms with Crippen molar-refractivity contribution in [1.29, 1.82) is 5.26 Å². The van der Waals surface area contributed by atoms with Crippen LogP contribution in [0, 0.1) is 11.3 Å². The fraction of sp³-hybridized carbons (Fsp3) is 0.200. The number of allylic oxidation sites excluding steroid dienone is 1. The minimum atomic E-state index is -0.348. The second-order valence-electron chi connectivity index (χ2n) is 8.26. The molecular weight excluding hydrogens is 414 g/mol. The molecule has 1 aliphatic rings. The van der Waals surface area contributed by atoms with Crippen molar-refractivity contribution in [1.82, 2.24) is 24.3 Å². The Hall–Kier alpha value is -4.38. The van der Waals surface area contributed by atoms with Gasteiger partial charge >= 0.3 is 0 Å². The summed E-state index contributed by atoms with van der Waals surface area (Å²) in [6, 6.07) is 14.2. The molecule has 1 unspecified atom stereocenters. The van der Waals surface area contributed by atoms with Crippen molar-refractivity contribution >= 4 is 0 Å². The van der Waals surface area contributed by atoms with Gasteiger partial charge in [-0.05, 0) is 35.7 Å². The molecule has 1 aliphatic heterocycles. The van der Waals surface area contributed by atoms with Crippen LogP contribution in [0.2, 0.25) is 0 Å². The van der Waals surface area contributed by atoms with Crippen molar-refractivity contribution < 1.29 is 4.74 Å². The summed E-state index contributed by atoms with van der Waals surface area (Å²) in [5.74, 6) is 1.32. The number of nitrogens with zero attached hydrogens (tertiary/aromatic N) is 6. The van der Waals surface area contributed by atoms with Gasteiger partial charge in [-0.1, -0.05) is 26.0 Å². The molecule has 0 radical (unpaired) electrons. The molecule has 0 bridgehead atoms. The number of nitrogens with two attached hydrogens (primary N) is 1. The zero-order valence-electron chi connectivity index (χ0n) is 18.6. The lowest BCUT2D eigenvalue weighted by Gasteiger charge is -2.25. The van der Waals surface area contributed by atoms with Crippen molar-refractivity contribution in [2.45, 2.75) is 25.7 Å². The topological polar surface area (TPSA) is 108 Å². The molecule has 0 fully saturated rings. The Morgan fingerprint density at radius 1 is 1.15 bits per heavy atom. The third-order valence-electron chi connectivity index (χ3n) is 5.84. The lowest BCUT2D eigenvalue weighted by Crippen LogP contribution is -2.22. The first-order valence-corrected chi connectivity index (χ1v) is 10.7. The number of hydrogen-bond acceptors (Lipinski definition) is 6. The van der Waals surface area contributed by atoms with E-state index in [0.717, 1.165) is 33.9 Å². The van der Waals surface area contributed by atoms with Crippen LogP contribution in [0.15, 0.2) is 72.6 Å². The number of pyridine rings is 1. The lowest BCUT2D eigenvalue weighted by molar-refractivity contribution is 0.358. The highest BCUT2D eigenvalue weighted by molar-refractivity contribution is 5.59. The second-order valence-corrected chi connectivity index (χ2v) is 8.26. The molecule has 5 rings (SSSR count). The zero-order valence-corrected chi connectivity index (χ0v) is 18.6. The first kappa shape index (κ1) is 20.5. The molecule has 164 valence electrons. The van der Waals surface area contributed by atoms with Crippen LogP contribution in [-0.2, 0) is 7.05 Å². The highest BCUT2D eigenvalue weighted by Crippen LogP contribution is 2.45. The molecular formula is C25H23N7O. The number of fused-ring (bicyclic) bond motifs is 1. The van der Waals surface area contributed by atoms with E-state index in [1.807, 2.05) is 54.2 Å². The molecule has 33 heavy (non-hydrogen) atoms. The third-order valence-corrected chi connectivity index (χ3v) is 5.84. The first-order chi connectivity index (χ1) is 16.0. The van der Waals surface area contributed by atoms with E-state index >= 15 is 0 Å². The SMILES string of the molecule is CC(C)c1nn(C)c2c1C(c1ccc(-n3ccnc3-c3cccnc3)cc1)C(C#N)=C(N)O2. The molecule has 0 amide bonds. The number of nitriles is 1. The van der Waals surface area contributed by atoms with Crippen molar-refractivity contribution in [2.75, 3.05) is 0 Å². The fourth-order valence-corrected chi connectivity index (χ4v) is 4.31. The predicted molar refractivity (Wildman–Crippen MR) is 123 cm³/mol. The van der Waals surface area contributed by atoms with Crippen LogP contribution in [0.3, 0.4) is 0 Å². The molecule has 8 heteroatoms. The van der Waals surface area contributed by atoms with Crippen molar-refractivity contribution in [2.24, 2.45) is 12.8 Å². The minimum absolute atomic E-state index is 0.117. The maximum absolute atomic E-state index is 9.91. The van der Waals surface area contributed by atoms with Crippen molar-refractivity contribution in [3.63, 3.8) is 0 Å². The standard InChI is InChI=1S/C25H23N7O/c1-15(2)22-21-20(19(13-26)23(27)33-25(21)31(3)30-22)16-6-8-18(9-7-16)32-12-11-29-24(32)17-5-4-10-28-14-17/h4-12,14-15,20H,27H2,1-3H3. The van der Waals surface area contributed by atoms with Crippen LogP contribution in [-0.4, -0.2) is 24.3 Å². The van der Waals surface area contributed by atoms with Gasteiger partial charge in [-0.25, -0.2) is 9.67 Å². The molecule has 8 nitrogen and oxygen atoms in total. The molecule has 4 aromatic rings. The summed E-state index contributed by atoms with van der Waals surface area (Å²) < 4.78 is 9.52. The Balaban J connectivity index is 1.60. The molecule has 1 atom stereocenters. The largest absolute Gasteiger partial charge is 0.422 e. The van der Waals surface area contributed by atoms with Crippen LogP contribution in [0.1, 0.15) is 42.5 Å². The van der Waals surface area contributed by atoms with E-state index in [9.17, 15) is 5.26 Å². The molecule has 0 aliphatic carbocycles. The Kier molecular flexibility index (Phi) is 4.94. The molecule has 0 saturated carbocycles. The Morgan fingerprint density at radius 3 is 2.61 bits per heavy atom. The van der Waals surface area contributed by atoms with E-state index in [1.165, 1.54) is 0 Å². The highest BCUT2D eigenvalue weighted by Gasteiger charge is 2.36. The van der Waals surface area contributed by atoms with Gasteiger partial charge in [0.2, 0.25) is 11.8 Å². The third kappa shape index (κ3) is 3.34. The Labute approximate surface area is 191 Å². The smallest absolute Gasteiger partial charge is 0.224 e. The van der Waals surface area contributed by atoms with Crippen LogP contribution in [0.5, 0.6) is 5.88 Å². The van der Waals surface area contributed by atoms with Gasteiger partial charge in [0.1, 0.15) is 17.5 Å². The molecule has 2 N–H and O–H groups in total. The van der Waals surface area contributed by atoms with Gasteiger partial charge in [0, 0.05) is 43.1 Å². The summed E-state index contributed by atoms with van der Waals surface area (Å²) in [7, 11) is 1.83. The molecule has 1 aromatic carbocycles. The van der Waals surface area contributed by atoms with E-state index in [0.29, 0.717) is 11.5 Å². The molecule has 4 heterocycles. The normalized spacial score (nSPS) is 15.3. The second kappa shape index (κ2) is 7.95. The summed E-state index contributed by atoms with van der Waals surface area (Å²) in [6.45, 7) is 4.16. The van der Waals surface area contributed by atoms with Gasteiger partial charge in [0.15, 0.2) is 0 Å². The van der Waals surface area contributed by atoms with Crippen LogP contribution >= 0.6 is 0 Å². The monoisotopic (exact) mass is 437 g/mol. The summed E-state index contributed by atoms with van der Waals surface area (Å²) in [5.41, 5.74) is 11.2. The van der Waals surface area contributed by atoms with E-state index in [2.05, 4.69) is 35.0 Å². The van der Waals surface area contributed by atoms with Gasteiger partial charge in [-0.3, -0.25) is 9.55 Å². The predicted octanol–water partition coefficient (Wildman–Crippen LogP) is 4.01. The van der Waals surface area contributed by atoms with Gasteiger partial charge in [-0.15, -0.1) is 0 Å². The number of aromatic nitrogens is 5. The summed E-state index contributed by atoms with van der Waals surface area (Å²) >= 11 is 0. The van der Waals surface area contributed by atoms with Gasteiger partial charge in [0.25, 0.3) is 0 Å². The Bertz CT molecular complexity index is 1390. The summed E-state index contributed by atoms with van der Waals surface area (Å²) in [4.78, 5) is 8.70. The van der Waals surface area contributed by atoms with Crippen LogP contribution in [0.4, 0.5) is 0 Å². The summed E-state index contributed by atoms with van der Waals surface area (Å²) in [5, 5.41) is 14.6. The van der Waals surface area contributed by atoms with E-state index < -0.39 is 0 Å². The van der Waals surface area contributed by atoms with Gasteiger partial charge in [-0.2, -0.15) is 10.4 Å². The van der Waals surface area contributed by atoms with Crippen LogP contribution < -0.4 is 10.5 Å². The zero-order chi connectivity index (χ0) is 23.1. The van der Waals surface area contributed by atoms with Crippen LogP contribution in [0.25, 0.3) is 17.1 Å². The maximum Gasteiger partial charge on any atom is 0.224 e. The van der Waals surface area contributed by atoms with E-state index in [1.54, 1.807) is 23.3 Å². The quantitative estimate of drug-likeness (QED) is 0.517. The lowest BCUT2D eigenvalue weighted by atomic mass is 9.82. The van der Waals surface area contributed by atoms with Gasteiger partial charge in [0.05, 0.1) is 17.2 Å². The van der Waals surface area contributed by atoms with Crippen molar-refractivity contribution in [3.8, 4) is 29.0 Å². The molecule has 0 spiro atoms. The average Bonchev–Trinajstić information content (AvgIpc) is 3.44. The average molecular weight is 438 g/mol. The van der Waals surface area contributed by atoms with Crippen molar-refractivity contribution in [3.05, 3.63) is 89.5 Å². The van der Waals surface area contributed by atoms with E-state index in [4.69, 9.17) is 10.5 Å². The number of benzene rings is 1. The number of imidazole rings is 1. The number of aryl methyl sites for hydroxylation is 1.